The van der Waals surface area contributed by atoms with E-state index in [-0.39, 0.29) is 24.3 Å². The Hall–Kier alpha value is -1.85. The zero-order chi connectivity index (χ0) is 16.1. The van der Waals surface area contributed by atoms with Gasteiger partial charge in [-0.15, -0.1) is 0 Å². The van der Waals surface area contributed by atoms with E-state index in [0.29, 0.717) is 36.9 Å². The number of hydrogen-bond donors (Lipinski definition) is 0. The highest BCUT2D eigenvalue weighted by Gasteiger charge is 2.32. The van der Waals surface area contributed by atoms with Gasteiger partial charge in [0.05, 0.1) is 18.7 Å². The highest BCUT2D eigenvalue weighted by Crippen LogP contribution is 2.24. The van der Waals surface area contributed by atoms with Crippen LogP contribution < -0.4 is 0 Å². The highest BCUT2D eigenvalue weighted by atomic mass is 16.5. The van der Waals surface area contributed by atoms with Crippen LogP contribution in [0, 0.1) is 6.92 Å². The minimum atomic E-state index is -0.254. The lowest BCUT2D eigenvalue weighted by molar-refractivity contribution is -0.144. The number of piperidine rings is 1. The van der Waals surface area contributed by atoms with Crippen LogP contribution in [0.1, 0.15) is 61.7 Å². The Bertz CT molecular complexity index is 538. The molecule has 1 aromatic heterocycles. The molecule has 2 heterocycles. The fraction of sp³-hybridized carbons (Fsp3) is 0.688. The summed E-state index contributed by atoms with van der Waals surface area (Å²) in [5.41, 5.74) is 0.613. The SMILES string of the molecule is CCOC(=O)C[C@H]1CCCCN1C(=O)c1oc(CC)nc1C. The Morgan fingerprint density at radius 3 is 2.77 bits per heavy atom. The van der Waals surface area contributed by atoms with Crippen molar-refractivity contribution in [3.63, 3.8) is 0 Å². The summed E-state index contributed by atoms with van der Waals surface area (Å²) in [4.78, 5) is 30.5. The zero-order valence-electron chi connectivity index (χ0n) is 13.6. The van der Waals surface area contributed by atoms with Gasteiger partial charge in [0.2, 0.25) is 5.76 Å². The molecule has 1 aliphatic rings. The molecule has 1 atom stereocenters. The summed E-state index contributed by atoms with van der Waals surface area (Å²) >= 11 is 0. The average Bonchev–Trinajstić information content (AvgIpc) is 2.88. The number of hydrogen-bond acceptors (Lipinski definition) is 5. The van der Waals surface area contributed by atoms with Crippen LogP contribution in [0.15, 0.2) is 4.42 Å². The predicted octanol–water partition coefficient (Wildman–Crippen LogP) is 2.49. The molecule has 1 saturated heterocycles. The van der Waals surface area contributed by atoms with Gasteiger partial charge in [-0.05, 0) is 33.1 Å². The van der Waals surface area contributed by atoms with Crippen LogP contribution in [0.3, 0.4) is 0 Å². The van der Waals surface area contributed by atoms with Crippen LogP contribution in [0.2, 0.25) is 0 Å². The molecule has 0 spiro atoms. The third-order valence-corrected chi connectivity index (χ3v) is 3.93. The summed E-state index contributed by atoms with van der Waals surface area (Å²) in [6, 6.07) is -0.116. The van der Waals surface area contributed by atoms with Crippen molar-refractivity contribution < 1.29 is 18.7 Å². The standard InChI is InChI=1S/C16H24N2O4/c1-4-13-17-11(3)15(22-13)16(20)18-9-7-6-8-12(18)10-14(19)21-5-2/h12H,4-10H2,1-3H3/t12-/m1/s1. The van der Waals surface area contributed by atoms with Crippen LogP contribution in [-0.4, -0.2) is 41.0 Å². The number of aryl methyl sites for hydroxylation is 2. The first-order valence-electron chi connectivity index (χ1n) is 7.99. The van der Waals surface area contributed by atoms with Gasteiger partial charge in [0.1, 0.15) is 0 Å². The minimum Gasteiger partial charge on any atom is -0.466 e. The quantitative estimate of drug-likeness (QED) is 0.781. The molecule has 122 valence electrons. The van der Waals surface area contributed by atoms with E-state index in [2.05, 4.69) is 4.98 Å². The lowest BCUT2D eigenvalue weighted by atomic mass is 9.99. The number of likely N-dealkylation sites (tertiary alicyclic amines) is 1. The van der Waals surface area contributed by atoms with E-state index in [9.17, 15) is 9.59 Å². The Morgan fingerprint density at radius 1 is 1.36 bits per heavy atom. The van der Waals surface area contributed by atoms with E-state index >= 15 is 0 Å². The molecule has 0 unspecified atom stereocenters. The molecule has 0 bridgehead atoms. The maximum Gasteiger partial charge on any atom is 0.307 e. The first kappa shape index (κ1) is 16.5. The first-order chi connectivity index (χ1) is 10.6. The summed E-state index contributed by atoms with van der Waals surface area (Å²) in [5, 5.41) is 0. The van der Waals surface area contributed by atoms with Gasteiger partial charge in [0.15, 0.2) is 5.89 Å². The van der Waals surface area contributed by atoms with Gasteiger partial charge in [-0.1, -0.05) is 6.92 Å². The molecule has 22 heavy (non-hydrogen) atoms. The molecule has 1 aliphatic heterocycles. The second-order valence-electron chi connectivity index (χ2n) is 5.53. The molecule has 1 fully saturated rings. The lowest BCUT2D eigenvalue weighted by Gasteiger charge is -2.34. The Labute approximate surface area is 130 Å². The van der Waals surface area contributed by atoms with Crippen molar-refractivity contribution in [3.8, 4) is 0 Å². The second kappa shape index (κ2) is 7.42. The van der Waals surface area contributed by atoms with Crippen LogP contribution in [-0.2, 0) is 16.0 Å². The molecular formula is C16H24N2O4. The van der Waals surface area contributed by atoms with Crippen LogP contribution in [0.25, 0.3) is 0 Å². The minimum absolute atomic E-state index is 0.116. The Kier molecular flexibility index (Phi) is 5.57. The van der Waals surface area contributed by atoms with Gasteiger partial charge in [0.25, 0.3) is 5.91 Å². The van der Waals surface area contributed by atoms with E-state index in [1.165, 1.54) is 0 Å². The van der Waals surface area contributed by atoms with Crippen LogP contribution in [0.4, 0.5) is 0 Å². The van der Waals surface area contributed by atoms with Gasteiger partial charge in [-0.25, -0.2) is 4.98 Å². The number of carbonyl (C=O) groups excluding carboxylic acids is 2. The maximum absolute atomic E-state index is 12.7. The normalized spacial score (nSPS) is 18.3. The number of oxazole rings is 1. The average molecular weight is 308 g/mol. The van der Waals surface area contributed by atoms with Crippen LogP contribution >= 0.6 is 0 Å². The molecular weight excluding hydrogens is 284 g/mol. The Balaban J connectivity index is 2.13. The number of ether oxygens (including phenoxy) is 1. The molecule has 2 rings (SSSR count). The lowest BCUT2D eigenvalue weighted by Crippen LogP contribution is -2.45. The predicted molar refractivity (Wildman–Crippen MR) is 80.5 cm³/mol. The van der Waals surface area contributed by atoms with Gasteiger partial charge in [-0.2, -0.15) is 0 Å². The van der Waals surface area contributed by atoms with Crippen molar-refractivity contribution in [1.29, 1.82) is 0 Å². The van der Waals surface area contributed by atoms with Crippen molar-refractivity contribution in [3.05, 3.63) is 17.3 Å². The van der Waals surface area contributed by atoms with Gasteiger partial charge < -0.3 is 14.1 Å². The Morgan fingerprint density at radius 2 is 2.14 bits per heavy atom. The fourth-order valence-electron chi connectivity index (χ4n) is 2.82. The summed E-state index contributed by atoms with van der Waals surface area (Å²) in [7, 11) is 0. The monoisotopic (exact) mass is 308 g/mol. The van der Waals surface area contributed by atoms with Crippen molar-refractivity contribution in [2.24, 2.45) is 0 Å². The summed E-state index contributed by atoms with van der Waals surface area (Å²) < 4.78 is 10.6. The summed E-state index contributed by atoms with van der Waals surface area (Å²) in [6.45, 7) is 6.50. The largest absolute Gasteiger partial charge is 0.466 e. The number of esters is 1. The van der Waals surface area contributed by atoms with E-state index in [0.717, 1.165) is 19.3 Å². The van der Waals surface area contributed by atoms with Gasteiger partial charge in [0, 0.05) is 19.0 Å². The number of amides is 1. The van der Waals surface area contributed by atoms with E-state index in [4.69, 9.17) is 9.15 Å². The highest BCUT2D eigenvalue weighted by molar-refractivity contribution is 5.93. The van der Waals surface area contributed by atoms with Crippen molar-refractivity contribution >= 4 is 11.9 Å². The molecule has 0 aliphatic carbocycles. The van der Waals surface area contributed by atoms with Crippen LogP contribution in [0.5, 0.6) is 0 Å². The molecule has 0 saturated carbocycles. The molecule has 1 amide bonds. The van der Waals surface area contributed by atoms with Gasteiger partial charge in [-0.3, -0.25) is 9.59 Å². The van der Waals surface area contributed by atoms with Crippen molar-refractivity contribution in [2.45, 2.75) is 58.9 Å². The molecule has 6 heteroatoms. The van der Waals surface area contributed by atoms with Crippen molar-refractivity contribution in [1.82, 2.24) is 9.88 Å². The molecule has 0 aromatic carbocycles. The first-order valence-corrected chi connectivity index (χ1v) is 7.99. The number of carbonyl (C=O) groups is 2. The van der Waals surface area contributed by atoms with E-state index in [1.54, 1.807) is 18.7 Å². The zero-order valence-corrected chi connectivity index (χ0v) is 13.6. The summed E-state index contributed by atoms with van der Waals surface area (Å²) in [6.07, 6.45) is 3.68. The summed E-state index contributed by atoms with van der Waals surface area (Å²) in [5.74, 6) is 0.446. The molecule has 1 aromatic rings. The number of aromatic nitrogens is 1. The third kappa shape index (κ3) is 3.67. The molecule has 0 radical (unpaired) electrons. The third-order valence-electron chi connectivity index (χ3n) is 3.93. The van der Waals surface area contributed by atoms with Crippen molar-refractivity contribution in [2.75, 3.05) is 13.2 Å². The van der Waals surface area contributed by atoms with E-state index in [1.807, 2.05) is 6.92 Å². The van der Waals surface area contributed by atoms with E-state index < -0.39 is 0 Å². The molecule has 6 nitrogen and oxygen atoms in total. The number of rotatable bonds is 5. The van der Waals surface area contributed by atoms with Gasteiger partial charge >= 0.3 is 5.97 Å². The maximum atomic E-state index is 12.7. The fourth-order valence-corrected chi connectivity index (χ4v) is 2.82. The smallest absolute Gasteiger partial charge is 0.307 e. The second-order valence-corrected chi connectivity index (χ2v) is 5.53. The number of nitrogens with zero attached hydrogens (tertiary/aromatic N) is 2. The topological polar surface area (TPSA) is 72.6 Å². The molecule has 0 N–H and O–H groups in total.